The first kappa shape index (κ1) is 14.6. The normalized spacial score (nSPS) is 10.9. The molecule has 0 spiro atoms. The van der Waals surface area contributed by atoms with Crippen molar-refractivity contribution in [3.05, 3.63) is 83.9 Å². The topological polar surface area (TPSA) is 0 Å². The fraction of sp³-hybridized carbons (Fsp3) is 0.182. The monoisotopic (exact) mass is 286 g/mol. The van der Waals surface area contributed by atoms with Crippen LogP contribution in [-0.4, -0.2) is 0 Å². The molecule has 3 aromatic carbocycles. The van der Waals surface area contributed by atoms with Crippen LogP contribution in [0.25, 0.3) is 22.3 Å². The molecule has 0 saturated carbocycles. The summed E-state index contributed by atoms with van der Waals surface area (Å²) in [7, 11) is 0. The summed E-state index contributed by atoms with van der Waals surface area (Å²) >= 11 is 0. The molecule has 0 fully saturated rings. The van der Waals surface area contributed by atoms with Gasteiger partial charge in [-0.2, -0.15) is 0 Å². The molecule has 110 valence electrons. The predicted molar refractivity (Wildman–Crippen MR) is 96.1 cm³/mol. The molecule has 3 aromatic rings. The maximum Gasteiger partial charge on any atom is -0.0102 e. The van der Waals surface area contributed by atoms with Crippen LogP contribution in [0.15, 0.2) is 72.8 Å². The van der Waals surface area contributed by atoms with Gasteiger partial charge in [0, 0.05) is 0 Å². The van der Waals surface area contributed by atoms with Crippen LogP contribution in [0.2, 0.25) is 0 Å². The minimum atomic E-state index is 0.536. The highest BCUT2D eigenvalue weighted by Gasteiger charge is 2.11. The van der Waals surface area contributed by atoms with E-state index in [1.165, 1.54) is 33.4 Å². The summed E-state index contributed by atoms with van der Waals surface area (Å²) in [5.74, 6) is 0.536. The maximum atomic E-state index is 2.35. The lowest BCUT2D eigenvalue weighted by Crippen LogP contribution is -1.93. The Hall–Kier alpha value is -2.34. The molecule has 3 rings (SSSR count). The van der Waals surface area contributed by atoms with Gasteiger partial charge in [0.15, 0.2) is 0 Å². The maximum absolute atomic E-state index is 2.35. The lowest BCUT2D eigenvalue weighted by Gasteiger charge is -2.16. The fourth-order valence-corrected chi connectivity index (χ4v) is 2.89. The van der Waals surface area contributed by atoms with Crippen molar-refractivity contribution >= 4 is 0 Å². The highest BCUT2D eigenvalue weighted by atomic mass is 14.2. The molecule has 0 nitrogen and oxygen atoms in total. The van der Waals surface area contributed by atoms with E-state index in [2.05, 4.69) is 93.6 Å². The first-order valence-electron chi connectivity index (χ1n) is 7.92. The third kappa shape index (κ3) is 2.82. The van der Waals surface area contributed by atoms with Gasteiger partial charge in [-0.1, -0.05) is 86.6 Å². The number of hydrogen-bond acceptors (Lipinski definition) is 0. The predicted octanol–water partition coefficient (Wildman–Crippen LogP) is 6.45. The fourth-order valence-electron chi connectivity index (χ4n) is 2.89. The third-order valence-electron chi connectivity index (χ3n) is 4.23. The van der Waals surface area contributed by atoms with Gasteiger partial charge in [-0.05, 0) is 46.2 Å². The summed E-state index contributed by atoms with van der Waals surface area (Å²) in [5, 5.41) is 0. The molecular formula is C22H22. The molecule has 0 heterocycles. The van der Waals surface area contributed by atoms with Crippen molar-refractivity contribution in [2.75, 3.05) is 0 Å². The largest absolute Gasteiger partial charge is 0.0622 e. The van der Waals surface area contributed by atoms with Gasteiger partial charge in [0.1, 0.15) is 0 Å². The van der Waals surface area contributed by atoms with Crippen LogP contribution in [0, 0.1) is 6.92 Å². The van der Waals surface area contributed by atoms with E-state index in [-0.39, 0.29) is 0 Å². The Morgan fingerprint density at radius 1 is 0.636 bits per heavy atom. The number of aryl methyl sites for hydroxylation is 1. The summed E-state index contributed by atoms with van der Waals surface area (Å²) in [4.78, 5) is 0. The van der Waals surface area contributed by atoms with Crippen molar-refractivity contribution in [2.24, 2.45) is 0 Å². The molecule has 22 heavy (non-hydrogen) atoms. The van der Waals surface area contributed by atoms with E-state index in [0.717, 1.165) is 0 Å². The van der Waals surface area contributed by atoms with Gasteiger partial charge in [0.2, 0.25) is 0 Å². The van der Waals surface area contributed by atoms with E-state index < -0.39 is 0 Å². The second-order valence-corrected chi connectivity index (χ2v) is 6.14. The van der Waals surface area contributed by atoms with Gasteiger partial charge in [0.05, 0.1) is 0 Å². The average Bonchev–Trinajstić information content (AvgIpc) is 2.55. The van der Waals surface area contributed by atoms with Crippen LogP contribution in [0.5, 0.6) is 0 Å². The van der Waals surface area contributed by atoms with Crippen molar-refractivity contribution in [2.45, 2.75) is 26.7 Å². The van der Waals surface area contributed by atoms with Gasteiger partial charge in [-0.3, -0.25) is 0 Å². The standard InChI is InChI=1S/C22H22/c1-16(2)19-13-14-21(20-12-8-7-9-17(20)3)22(15-19)18-10-5-4-6-11-18/h4-16H,1-3H3. The van der Waals surface area contributed by atoms with E-state index >= 15 is 0 Å². The Kier molecular flexibility index (Phi) is 4.11. The summed E-state index contributed by atoms with van der Waals surface area (Å²) in [6, 6.07) is 26.2. The lowest BCUT2D eigenvalue weighted by molar-refractivity contribution is 0.867. The molecule has 0 aliphatic carbocycles. The molecule has 0 heteroatoms. The van der Waals surface area contributed by atoms with Crippen LogP contribution >= 0.6 is 0 Å². The third-order valence-corrected chi connectivity index (χ3v) is 4.23. The minimum absolute atomic E-state index is 0.536. The summed E-state index contributed by atoms with van der Waals surface area (Å²) < 4.78 is 0. The van der Waals surface area contributed by atoms with Crippen molar-refractivity contribution in [3.8, 4) is 22.3 Å². The molecule has 0 aromatic heterocycles. The van der Waals surface area contributed by atoms with Gasteiger partial charge in [-0.15, -0.1) is 0 Å². The van der Waals surface area contributed by atoms with Crippen LogP contribution in [-0.2, 0) is 0 Å². The first-order valence-corrected chi connectivity index (χ1v) is 7.92. The van der Waals surface area contributed by atoms with Crippen LogP contribution < -0.4 is 0 Å². The Labute approximate surface area is 133 Å². The van der Waals surface area contributed by atoms with Crippen LogP contribution in [0.4, 0.5) is 0 Å². The number of hydrogen-bond donors (Lipinski definition) is 0. The molecule has 0 saturated heterocycles. The van der Waals surface area contributed by atoms with E-state index in [1.54, 1.807) is 0 Å². The zero-order valence-corrected chi connectivity index (χ0v) is 13.5. The first-order chi connectivity index (χ1) is 10.7. The van der Waals surface area contributed by atoms with Gasteiger partial charge in [0.25, 0.3) is 0 Å². The van der Waals surface area contributed by atoms with Crippen LogP contribution in [0.1, 0.15) is 30.9 Å². The van der Waals surface area contributed by atoms with E-state index in [9.17, 15) is 0 Å². The minimum Gasteiger partial charge on any atom is -0.0622 e. The van der Waals surface area contributed by atoms with Gasteiger partial charge >= 0.3 is 0 Å². The molecule has 0 aliphatic heterocycles. The number of benzene rings is 3. The lowest BCUT2D eigenvalue weighted by atomic mass is 9.89. The zero-order chi connectivity index (χ0) is 15.5. The molecule has 0 amide bonds. The van der Waals surface area contributed by atoms with Crippen LogP contribution in [0.3, 0.4) is 0 Å². The van der Waals surface area contributed by atoms with E-state index in [0.29, 0.717) is 5.92 Å². The Morgan fingerprint density at radius 2 is 1.32 bits per heavy atom. The molecule has 0 unspecified atom stereocenters. The molecule has 0 aliphatic rings. The van der Waals surface area contributed by atoms with Crippen molar-refractivity contribution in [1.29, 1.82) is 0 Å². The quantitative estimate of drug-likeness (QED) is 0.519. The molecule has 0 atom stereocenters. The SMILES string of the molecule is Cc1ccccc1-c1ccc(C(C)C)cc1-c1ccccc1. The molecule has 0 N–H and O–H groups in total. The Bertz CT molecular complexity index is 767. The van der Waals surface area contributed by atoms with E-state index in [4.69, 9.17) is 0 Å². The van der Waals surface area contributed by atoms with E-state index in [1.807, 2.05) is 0 Å². The summed E-state index contributed by atoms with van der Waals surface area (Å²) in [6.45, 7) is 6.68. The Morgan fingerprint density at radius 3 is 2.00 bits per heavy atom. The molecule has 0 bridgehead atoms. The zero-order valence-electron chi connectivity index (χ0n) is 13.5. The second-order valence-electron chi connectivity index (χ2n) is 6.14. The van der Waals surface area contributed by atoms with Crippen molar-refractivity contribution < 1.29 is 0 Å². The molecule has 0 radical (unpaired) electrons. The second kappa shape index (κ2) is 6.19. The Balaban J connectivity index is 2.24. The number of rotatable bonds is 3. The highest BCUT2D eigenvalue weighted by molar-refractivity contribution is 5.85. The summed E-state index contributed by atoms with van der Waals surface area (Å²) in [5.41, 5.74) is 7.93. The summed E-state index contributed by atoms with van der Waals surface area (Å²) in [6.07, 6.45) is 0. The smallest absolute Gasteiger partial charge is 0.0102 e. The highest BCUT2D eigenvalue weighted by Crippen LogP contribution is 2.35. The van der Waals surface area contributed by atoms with Gasteiger partial charge < -0.3 is 0 Å². The average molecular weight is 286 g/mol. The van der Waals surface area contributed by atoms with Crippen molar-refractivity contribution in [1.82, 2.24) is 0 Å². The van der Waals surface area contributed by atoms with Gasteiger partial charge in [-0.25, -0.2) is 0 Å². The van der Waals surface area contributed by atoms with Crippen molar-refractivity contribution in [3.63, 3.8) is 0 Å². The molecular weight excluding hydrogens is 264 g/mol.